The summed E-state index contributed by atoms with van der Waals surface area (Å²) in [5.41, 5.74) is 1.86. The Morgan fingerprint density at radius 3 is 2.39 bits per heavy atom. The first-order chi connectivity index (χ1) is 15.0. The summed E-state index contributed by atoms with van der Waals surface area (Å²) in [5, 5.41) is 0. The average molecular weight is 426 g/mol. The number of imide groups is 1. The molecule has 7 heteroatoms. The van der Waals surface area contributed by atoms with Crippen LogP contribution >= 0.6 is 0 Å². The van der Waals surface area contributed by atoms with E-state index in [2.05, 4.69) is 11.8 Å². The Hall–Kier alpha value is -2.83. The van der Waals surface area contributed by atoms with Gasteiger partial charge in [0.15, 0.2) is 0 Å². The van der Waals surface area contributed by atoms with Gasteiger partial charge in [0, 0.05) is 32.2 Å². The molecule has 1 aromatic carbocycles. The van der Waals surface area contributed by atoms with Gasteiger partial charge in [0.2, 0.25) is 0 Å². The van der Waals surface area contributed by atoms with Crippen molar-refractivity contribution in [1.82, 2.24) is 14.7 Å². The summed E-state index contributed by atoms with van der Waals surface area (Å²) in [6, 6.07) is 9.32. The molecule has 0 radical (unpaired) electrons. The van der Waals surface area contributed by atoms with Gasteiger partial charge in [0.1, 0.15) is 5.70 Å². The number of benzene rings is 1. The number of amides is 3. The molecule has 3 aliphatic heterocycles. The number of hydrogen-bond acceptors (Lipinski definition) is 5. The van der Waals surface area contributed by atoms with E-state index in [1.807, 2.05) is 30.3 Å². The van der Waals surface area contributed by atoms with Crippen LogP contribution in [0.1, 0.15) is 45.1 Å². The van der Waals surface area contributed by atoms with Crippen LogP contribution in [0, 0.1) is 5.92 Å². The second kappa shape index (κ2) is 9.12. The van der Waals surface area contributed by atoms with Gasteiger partial charge in [-0.2, -0.15) is 0 Å². The van der Waals surface area contributed by atoms with E-state index < -0.39 is 0 Å². The molecule has 0 N–H and O–H groups in total. The van der Waals surface area contributed by atoms with Gasteiger partial charge in [-0.15, -0.1) is 0 Å². The Kier molecular flexibility index (Phi) is 6.30. The number of rotatable bonds is 4. The van der Waals surface area contributed by atoms with Gasteiger partial charge in [-0.3, -0.25) is 14.5 Å². The van der Waals surface area contributed by atoms with Crippen LogP contribution in [0.5, 0.6) is 0 Å². The van der Waals surface area contributed by atoms with Crippen LogP contribution in [-0.2, 0) is 14.3 Å². The molecule has 1 atom stereocenters. The standard InChI is InChI=1S/C24H31N3O4/c1-3-31-24(30)25-14-11-19(12-15-25)27-22(28)20(18-9-5-4-6-10-18)21(23(27)29)26-13-7-8-17(2)16-26/h4-6,9-10,17,19H,3,7-8,11-16H2,1-2H3. The lowest BCUT2D eigenvalue weighted by Crippen LogP contribution is -2.50. The van der Waals surface area contributed by atoms with Crippen molar-refractivity contribution in [3.63, 3.8) is 0 Å². The van der Waals surface area contributed by atoms with Crippen LogP contribution in [0.25, 0.3) is 5.57 Å². The van der Waals surface area contributed by atoms with Crippen LogP contribution in [-0.4, -0.2) is 71.4 Å². The minimum Gasteiger partial charge on any atom is -0.450 e. The Morgan fingerprint density at radius 2 is 1.74 bits per heavy atom. The maximum Gasteiger partial charge on any atom is 0.409 e. The van der Waals surface area contributed by atoms with Crippen LogP contribution in [0.15, 0.2) is 36.0 Å². The van der Waals surface area contributed by atoms with E-state index in [0.717, 1.165) is 31.5 Å². The third-order valence-electron chi connectivity index (χ3n) is 6.48. The molecule has 3 amide bonds. The molecular weight excluding hydrogens is 394 g/mol. The predicted octanol–water partition coefficient (Wildman–Crippen LogP) is 3.12. The summed E-state index contributed by atoms with van der Waals surface area (Å²) in [6.07, 6.45) is 2.98. The highest BCUT2D eigenvalue weighted by atomic mass is 16.6. The van der Waals surface area contributed by atoms with Crippen molar-refractivity contribution in [3.05, 3.63) is 41.6 Å². The second-order valence-electron chi connectivity index (χ2n) is 8.68. The molecular formula is C24H31N3O4. The summed E-state index contributed by atoms with van der Waals surface area (Å²) in [7, 11) is 0. The highest BCUT2D eigenvalue weighted by molar-refractivity contribution is 6.35. The molecule has 2 saturated heterocycles. The molecule has 0 aromatic heterocycles. The lowest BCUT2D eigenvalue weighted by atomic mass is 9.98. The molecule has 2 fully saturated rings. The molecule has 0 bridgehead atoms. The topological polar surface area (TPSA) is 70.2 Å². The highest BCUT2D eigenvalue weighted by Crippen LogP contribution is 2.36. The molecule has 3 aliphatic rings. The first kappa shape index (κ1) is 21.4. The van der Waals surface area contributed by atoms with Crippen molar-refractivity contribution in [2.24, 2.45) is 5.92 Å². The van der Waals surface area contributed by atoms with E-state index in [-0.39, 0.29) is 23.9 Å². The largest absolute Gasteiger partial charge is 0.450 e. The Bertz CT molecular complexity index is 874. The summed E-state index contributed by atoms with van der Waals surface area (Å²) in [4.78, 5) is 44.5. The molecule has 3 heterocycles. The Morgan fingerprint density at radius 1 is 1.03 bits per heavy atom. The quantitative estimate of drug-likeness (QED) is 0.694. The number of carbonyl (C=O) groups is 3. The van der Waals surface area contributed by atoms with Gasteiger partial charge in [0.25, 0.3) is 11.8 Å². The average Bonchev–Trinajstić information content (AvgIpc) is 3.04. The summed E-state index contributed by atoms with van der Waals surface area (Å²) in [5.74, 6) is 0.0922. The van der Waals surface area contributed by atoms with E-state index in [0.29, 0.717) is 49.7 Å². The molecule has 1 unspecified atom stereocenters. The van der Waals surface area contributed by atoms with E-state index in [1.54, 1.807) is 11.8 Å². The van der Waals surface area contributed by atoms with Crippen LogP contribution in [0.3, 0.4) is 0 Å². The van der Waals surface area contributed by atoms with E-state index in [1.165, 1.54) is 4.90 Å². The van der Waals surface area contributed by atoms with Gasteiger partial charge in [0.05, 0.1) is 12.2 Å². The summed E-state index contributed by atoms with van der Waals surface area (Å²) < 4.78 is 5.09. The van der Waals surface area contributed by atoms with Crippen molar-refractivity contribution in [2.75, 3.05) is 32.8 Å². The summed E-state index contributed by atoms with van der Waals surface area (Å²) >= 11 is 0. The summed E-state index contributed by atoms with van der Waals surface area (Å²) in [6.45, 7) is 6.87. The molecule has 0 spiro atoms. The molecule has 1 aromatic rings. The molecule has 0 aliphatic carbocycles. The molecule has 0 saturated carbocycles. The number of piperidine rings is 2. The first-order valence-electron chi connectivity index (χ1n) is 11.4. The van der Waals surface area contributed by atoms with Gasteiger partial charge in [-0.1, -0.05) is 37.3 Å². The van der Waals surface area contributed by atoms with Crippen molar-refractivity contribution in [2.45, 2.75) is 45.6 Å². The number of likely N-dealkylation sites (tertiary alicyclic amines) is 2. The zero-order valence-corrected chi connectivity index (χ0v) is 18.4. The third kappa shape index (κ3) is 4.18. The van der Waals surface area contributed by atoms with Crippen molar-refractivity contribution < 1.29 is 19.1 Å². The number of ether oxygens (including phenoxy) is 1. The van der Waals surface area contributed by atoms with Crippen molar-refractivity contribution in [3.8, 4) is 0 Å². The maximum absolute atomic E-state index is 13.6. The number of hydrogen-bond donors (Lipinski definition) is 0. The van der Waals surface area contributed by atoms with Crippen molar-refractivity contribution >= 4 is 23.5 Å². The Balaban J connectivity index is 1.59. The predicted molar refractivity (Wildman–Crippen MR) is 117 cm³/mol. The van der Waals surface area contributed by atoms with Crippen molar-refractivity contribution in [1.29, 1.82) is 0 Å². The fourth-order valence-electron chi connectivity index (χ4n) is 4.94. The van der Waals surface area contributed by atoms with E-state index in [9.17, 15) is 14.4 Å². The van der Waals surface area contributed by atoms with Gasteiger partial charge in [-0.05, 0) is 44.1 Å². The first-order valence-corrected chi connectivity index (χ1v) is 11.4. The maximum atomic E-state index is 13.6. The SMILES string of the molecule is CCOC(=O)N1CCC(N2C(=O)C(c3ccccc3)=C(N3CCCC(C)C3)C2=O)CC1. The number of nitrogens with zero attached hydrogens (tertiary/aromatic N) is 3. The minimum atomic E-state index is -0.328. The van der Waals surface area contributed by atoms with E-state index >= 15 is 0 Å². The van der Waals surface area contributed by atoms with Crippen LogP contribution < -0.4 is 0 Å². The Labute approximate surface area is 183 Å². The molecule has 31 heavy (non-hydrogen) atoms. The van der Waals surface area contributed by atoms with Gasteiger partial charge in [-0.25, -0.2) is 4.79 Å². The van der Waals surface area contributed by atoms with Crippen LogP contribution in [0.4, 0.5) is 4.79 Å². The fourth-order valence-corrected chi connectivity index (χ4v) is 4.94. The lowest BCUT2D eigenvalue weighted by Gasteiger charge is -2.36. The monoisotopic (exact) mass is 425 g/mol. The zero-order valence-electron chi connectivity index (χ0n) is 18.4. The second-order valence-corrected chi connectivity index (χ2v) is 8.68. The molecule has 7 nitrogen and oxygen atoms in total. The molecule has 4 rings (SSSR count). The number of carbonyl (C=O) groups excluding carboxylic acids is 3. The van der Waals surface area contributed by atoms with Gasteiger partial charge >= 0.3 is 6.09 Å². The van der Waals surface area contributed by atoms with Gasteiger partial charge < -0.3 is 14.5 Å². The highest BCUT2D eigenvalue weighted by Gasteiger charge is 2.46. The normalized spacial score (nSPS) is 23.0. The van der Waals surface area contributed by atoms with Crippen LogP contribution in [0.2, 0.25) is 0 Å². The lowest BCUT2D eigenvalue weighted by molar-refractivity contribution is -0.141. The fraction of sp³-hybridized carbons (Fsp3) is 0.542. The van der Waals surface area contributed by atoms with E-state index in [4.69, 9.17) is 4.74 Å². The minimum absolute atomic E-state index is 0.187. The third-order valence-corrected chi connectivity index (χ3v) is 6.48. The molecule has 166 valence electrons. The zero-order chi connectivity index (χ0) is 22.0. The smallest absolute Gasteiger partial charge is 0.409 e.